The van der Waals surface area contributed by atoms with Gasteiger partial charge < -0.3 is 5.41 Å². The Morgan fingerprint density at radius 1 is 1.00 bits per heavy atom. The van der Waals surface area contributed by atoms with Crippen LogP contribution in [0.25, 0.3) is 0 Å². The zero-order chi connectivity index (χ0) is 12.9. The lowest BCUT2D eigenvalue weighted by atomic mass is 10.1. The average Bonchev–Trinajstić information content (AvgIpc) is 2.30. The third-order valence-electron chi connectivity index (χ3n) is 1.14. The maximum atomic E-state index is 7.39. The van der Waals surface area contributed by atoms with Gasteiger partial charge in [-0.25, -0.2) is 0 Å². The van der Waals surface area contributed by atoms with Crippen LogP contribution in [0.1, 0.15) is 34.6 Å². The van der Waals surface area contributed by atoms with Crippen LogP contribution in [0.3, 0.4) is 0 Å². The Bertz CT molecular complexity index is 232. The zero-order valence-corrected chi connectivity index (χ0v) is 10.9. The molecule has 1 N–H and O–H groups in total. The summed E-state index contributed by atoms with van der Waals surface area (Å²) in [6.45, 7) is 20.7. The highest BCUT2D eigenvalue weighted by Crippen LogP contribution is 2.03. The van der Waals surface area contributed by atoms with Crippen LogP contribution in [0.2, 0.25) is 0 Å². The Morgan fingerprint density at radius 2 is 1.40 bits per heavy atom. The number of hydrogen-bond acceptors (Lipinski definition) is 1. The van der Waals surface area contributed by atoms with Gasteiger partial charge in [0.25, 0.3) is 0 Å². The van der Waals surface area contributed by atoms with Crippen LogP contribution in [0.5, 0.6) is 0 Å². The molecular formula is C14H25N. The van der Waals surface area contributed by atoms with Gasteiger partial charge >= 0.3 is 0 Å². The second kappa shape index (κ2) is 15.1. The first-order valence-corrected chi connectivity index (χ1v) is 5.32. The predicted molar refractivity (Wildman–Crippen MR) is 73.7 cm³/mol. The first-order chi connectivity index (χ1) is 7.11. The van der Waals surface area contributed by atoms with Gasteiger partial charge in [-0.3, -0.25) is 0 Å². The monoisotopic (exact) mass is 207 g/mol. The van der Waals surface area contributed by atoms with Gasteiger partial charge in [0.1, 0.15) is 0 Å². The first-order valence-electron chi connectivity index (χ1n) is 5.32. The fourth-order valence-corrected chi connectivity index (χ4v) is 0.630. The topological polar surface area (TPSA) is 23.9 Å². The predicted octanol–water partition coefficient (Wildman–Crippen LogP) is 4.93. The van der Waals surface area contributed by atoms with E-state index in [9.17, 15) is 0 Å². The van der Waals surface area contributed by atoms with E-state index < -0.39 is 0 Å². The van der Waals surface area contributed by atoms with Crippen LogP contribution in [-0.4, -0.2) is 5.71 Å². The SMILES string of the molecule is C=CC(=N)/C(C=C)=C\C(=C)C.CC.CC. The fraction of sp³-hybridized carbons (Fsp3) is 0.357. The van der Waals surface area contributed by atoms with Crippen molar-refractivity contribution < 1.29 is 0 Å². The fourth-order valence-electron chi connectivity index (χ4n) is 0.630. The zero-order valence-electron chi connectivity index (χ0n) is 10.9. The molecule has 0 aromatic heterocycles. The van der Waals surface area contributed by atoms with Crippen LogP contribution >= 0.6 is 0 Å². The highest BCUT2D eigenvalue weighted by molar-refractivity contribution is 6.08. The molecule has 0 rings (SSSR count). The minimum absolute atomic E-state index is 0.378. The van der Waals surface area contributed by atoms with Crippen molar-refractivity contribution in [2.45, 2.75) is 34.6 Å². The molecule has 0 aliphatic carbocycles. The lowest BCUT2D eigenvalue weighted by molar-refractivity contribution is 1.48. The quantitative estimate of drug-likeness (QED) is 0.499. The van der Waals surface area contributed by atoms with Gasteiger partial charge in [-0.2, -0.15) is 0 Å². The molecule has 1 nitrogen and oxygen atoms in total. The molecule has 0 atom stereocenters. The summed E-state index contributed by atoms with van der Waals surface area (Å²) in [6.07, 6.45) is 4.91. The molecule has 0 saturated carbocycles. The highest BCUT2D eigenvalue weighted by Gasteiger charge is 1.94. The Labute approximate surface area is 95.4 Å². The summed E-state index contributed by atoms with van der Waals surface area (Å²) in [6, 6.07) is 0. The van der Waals surface area contributed by atoms with Gasteiger partial charge in [0, 0.05) is 0 Å². The third kappa shape index (κ3) is 12.6. The van der Waals surface area contributed by atoms with Crippen LogP contribution in [0, 0.1) is 5.41 Å². The third-order valence-corrected chi connectivity index (χ3v) is 1.14. The molecule has 0 radical (unpaired) electrons. The molecule has 0 heterocycles. The van der Waals surface area contributed by atoms with Gasteiger partial charge in [-0.1, -0.05) is 65.2 Å². The second-order valence-corrected chi connectivity index (χ2v) is 2.27. The standard InChI is InChI=1S/C10H13N.2C2H6/c1-5-9(7-8(3)4)10(11)6-2;2*1-2/h5-7,11H,1-3H2,4H3;2*1-2H3/b9-7-,11-10?;;. The van der Waals surface area contributed by atoms with Crippen LogP contribution in [0.4, 0.5) is 0 Å². The average molecular weight is 207 g/mol. The smallest absolute Gasteiger partial charge is 0.0606 e. The lowest BCUT2D eigenvalue weighted by Crippen LogP contribution is -1.93. The summed E-state index contributed by atoms with van der Waals surface area (Å²) in [7, 11) is 0. The molecule has 0 aromatic carbocycles. The molecule has 0 aliphatic rings. The highest BCUT2D eigenvalue weighted by atomic mass is 14.4. The summed E-state index contributed by atoms with van der Waals surface area (Å²) >= 11 is 0. The minimum Gasteiger partial charge on any atom is -0.300 e. The summed E-state index contributed by atoms with van der Waals surface area (Å²) in [5, 5.41) is 7.39. The van der Waals surface area contributed by atoms with E-state index in [0.29, 0.717) is 5.71 Å². The van der Waals surface area contributed by atoms with Crippen molar-refractivity contribution in [1.29, 1.82) is 5.41 Å². The van der Waals surface area contributed by atoms with E-state index in [-0.39, 0.29) is 0 Å². The van der Waals surface area contributed by atoms with Crippen molar-refractivity contribution in [3.63, 3.8) is 0 Å². The van der Waals surface area contributed by atoms with E-state index in [1.165, 1.54) is 6.08 Å². The van der Waals surface area contributed by atoms with Crippen molar-refractivity contribution in [3.8, 4) is 0 Å². The van der Waals surface area contributed by atoms with Crippen molar-refractivity contribution in [2.75, 3.05) is 0 Å². The van der Waals surface area contributed by atoms with Crippen LogP contribution in [-0.2, 0) is 0 Å². The summed E-state index contributed by atoms with van der Waals surface area (Å²) in [5.41, 5.74) is 2.04. The lowest BCUT2D eigenvalue weighted by Gasteiger charge is -1.97. The van der Waals surface area contributed by atoms with Crippen LogP contribution in [0.15, 0.2) is 49.1 Å². The Kier molecular flexibility index (Phi) is 19.4. The van der Waals surface area contributed by atoms with Gasteiger partial charge in [0.2, 0.25) is 0 Å². The molecular weight excluding hydrogens is 182 g/mol. The number of rotatable bonds is 4. The normalized spacial score (nSPS) is 8.47. The summed E-state index contributed by atoms with van der Waals surface area (Å²) in [4.78, 5) is 0. The Hall–Kier alpha value is -1.37. The summed E-state index contributed by atoms with van der Waals surface area (Å²) in [5.74, 6) is 0. The van der Waals surface area contributed by atoms with Gasteiger partial charge in [-0.05, 0) is 18.6 Å². The van der Waals surface area contributed by atoms with Crippen molar-refractivity contribution in [1.82, 2.24) is 0 Å². The van der Waals surface area contributed by atoms with Crippen molar-refractivity contribution in [3.05, 3.63) is 49.1 Å². The van der Waals surface area contributed by atoms with Gasteiger partial charge in [0.05, 0.1) is 5.71 Å². The van der Waals surface area contributed by atoms with Crippen molar-refractivity contribution in [2.24, 2.45) is 0 Å². The molecule has 0 bridgehead atoms. The molecule has 1 heteroatoms. The van der Waals surface area contributed by atoms with E-state index in [4.69, 9.17) is 5.41 Å². The number of hydrogen-bond donors (Lipinski definition) is 1. The maximum absolute atomic E-state index is 7.39. The molecule has 0 unspecified atom stereocenters. The van der Waals surface area contributed by atoms with E-state index in [2.05, 4.69) is 19.7 Å². The van der Waals surface area contributed by atoms with E-state index >= 15 is 0 Å². The largest absolute Gasteiger partial charge is 0.300 e. The Morgan fingerprint density at radius 3 is 1.60 bits per heavy atom. The van der Waals surface area contributed by atoms with E-state index in [0.717, 1.165) is 11.1 Å². The molecule has 0 aromatic rings. The van der Waals surface area contributed by atoms with Crippen molar-refractivity contribution >= 4 is 5.71 Å². The van der Waals surface area contributed by atoms with E-state index in [1.54, 1.807) is 12.2 Å². The molecule has 0 amide bonds. The molecule has 0 aliphatic heterocycles. The summed E-state index contributed by atoms with van der Waals surface area (Å²) < 4.78 is 0. The van der Waals surface area contributed by atoms with E-state index in [1.807, 2.05) is 34.6 Å². The number of allylic oxidation sites excluding steroid dienone is 5. The Balaban J connectivity index is -0.000000318. The number of nitrogens with one attached hydrogen (secondary N) is 1. The van der Waals surface area contributed by atoms with Gasteiger partial charge in [0.15, 0.2) is 0 Å². The maximum Gasteiger partial charge on any atom is 0.0606 e. The molecule has 0 fully saturated rings. The van der Waals surface area contributed by atoms with Crippen LogP contribution < -0.4 is 0 Å². The molecule has 86 valence electrons. The first kappa shape index (κ1) is 19.2. The minimum atomic E-state index is 0.378. The molecule has 0 spiro atoms. The molecule has 0 saturated heterocycles. The second-order valence-electron chi connectivity index (χ2n) is 2.27. The van der Waals surface area contributed by atoms with Gasteiger partial charge in [-0.15, -0.1) is 0 Å². The molecule has 15 heavy (non-hydrogen) atoms.